The second kappa shape index (κ2) is 4.76. The molecule has 3 unspecified atom stereocenters. The van der Waals surface area contributed by atoms with Gasteiger partial charge in [0.25, 0.3) is 0 Å². The van der Waals surface area contributed by atoms with E-state index in [9.17, 15) is 13.5 Å². The van der Waals surface area contributed by atoms with Crippen molar-refractivity contribution < 1.29 is 13.5 Å². The van der Waals surface area contributed by atoms with E-state index >= 15 is 0 Å². The average molecular weight is 275 g/mol. The van der Waals surface area contributed by atoms with Crippen LogP contribution in [-0.4, -0.2) is 37.2 Å². The minimum Gasteiger partial charge on any atom is -0.389 e. The lowest BCUT2D eigenvalue weighted by Gasteiger charge is -2.51. The molecule has 0 aromatic carbocycles. The van der Waals surface area contributed by atoms with Crippen molar-refractivity contribution in [1.29, 1.82) is 0 Å². The number of rotatable bonds is 3. The Hall–Kier alpha value is -0.130. The largest absolute Gasteiger partial charge is 0.389 e. The topological polar surface area (TPSA) is 80.4 Å². The highest BCUT2D eigenvalue weighted by Crippen LogP contribution is 2.51. The van der Waals surface area contributed by atoms with E-state index in [0.717, 1.165) is 25.7 Å². The van der Waals surface area contributed by atoms with Crippen molar-refractivity contribution in [2.24, 2.45) is 17.1 Å². The van der Waals surface area contributed by atoms with Gasteiger partial charge in [0, 0.05) is 12.0 Å². The van der Waals surface area contributed by atoms with Gasteiger partial charge in [-0.3, -0.25) is 0 Å². The van der Waals surface area contributed by atoms with Crippen molar-refractivity contribution in [1.82, 2.24) is 0 Å². The summed E-state index contributed by atoms with van der Waals surface area (Å²) >= 11 is 0. The molecule has 18 heavy (non-hydrogen) atoms. The lowest BCUT2D eigenvalue weighted by atomic mass is 9.59. The molecule has 1 saturated carbocycles. The van der Waals surface area contributed by atoms with Gasteiger partial charge in [0.15, 0.2) is 9.84 Å². The third kappa shape index (κ3) is 2.10. The summed E-state index contributed by atoms with van der Waals surface area (Å²) in [5.74, 6) is 0.454. The monoisotopic (exact) mass is 275 g/mol. The predicted molar refractivity (Wildman–Crippen MR) is 72.0 cm³/mol. The van der Waals surface area contributed by atoms with Gasteiger partial charge in [0.2, 0.25) is 0 Å². The molecule has 5 heteroatoms. The maximum atomic E-state index is 11.8. The van der Waals surface area contributed by atoms with E-state index in [4.69, 9.17) is 5.73 Å². The molecule has 3 N–H and O–H groups in total. The molecule has 0 radical (unpaired) electrons. The van der Waals surface area contributed by atoms with Crippen LogP contribution in [0.1, 0.15) is 45.4 Å². The van der Waals surface area contributed by atoms with Gasteiger partial charge < -0.3 is 10.8 Å². The first-order valence-electron chi connectivity index (χ1n) is 7.02. The maximum absolute atomic E-state index is 11.8. The highest BCUT2D eigenvalue weighted by Gasteiger charge is 2.58. The summed E-state index contributed by atoms with van der Waals surface area (Å²) in [6.07, 6.45) is 5.24. The van der Waals surface area contributed by atoms with Crippen LogP contribution >= 0.6 is 0 Å². The second-order valence-corrected chi connectivity index (χ2v) is 8.29. The first-order chi connectivity index (χ1) is 8.39. The Morgan fingerprint density at radius 3 is 2.56 bits per heavy atom. The van der Waals surface area contributed by atoms with Gasteiger partial charge in [-0.1, -0.05) is 26.2 Å². The lowest BCUT2D eigenvalue weighted by Crippen LogP contribution is -2.58. The molecule has 1 heterocycles. The average Bonchev–Trinajstić information content (AvgIpc) is 2.67. The molecule has 1 saturated heterocycles. The van der Waals surface area contributed by atoms with E-state index in [1.165, 1.54) is 0 Å². The van der Waals surface area contributed by atoms with Gasteiger partial charge in [-0.25, -0.2) is 8.42 Å². The Morgan fingerprint density at radius 1 is 1.33 bits per heavy atom. The van der Waals surface area contributed by atoms with Crippen LogP contribution in [0.15, 0.2) is 0 Å². The zero-order chi connectivity index (χ0) is 13.4. The van der Waals surface area contributed by atoms with Crippen LogP contribution in [0.2, 0.25) is 0 Å². The summed E-state index contributed by atoms with van der Waals surface area (Å²) in [6, 6.07) is 0. The Balaban J connectivity index is 2.36. The summed E-state index contributed by atoms with van der Waals surface area (Å²) < 4.78 is 23.6. The van der Waals surface area contributed by atoms with Crippen LogP contribution in [-0.2, 0) is 9.84 Å². The maximum Gasteiger partial charge on any atom is 0.151 e. The summed E-state index contributed by atoms with van der Waals surface area (Å²) in [4.78, 5) is 0. The van der Waals surface area contributed by atoms with E-state index in [2.05, 4.69) is 6.92 Å². The van der Waals surface area contributed by atoms with Gasteiger partial charge in [0.05, 0.1) is 17.1 Å². The van der Waals surface area contributed by atoms with Crippen molar-refractivity contribution >= 4 is 9.84 Å². The van der Waals surface area contributed by atoms with E-state index in [-0.39, 0.29) is 24.0 Å². The first kappa shape index (κ1) is 14.3. The Morgan fingerprint density at radius 2 is 2.06 bits per heavy atom. The van der Waals surface area contributed by atoms with Gasteiger partial charge in [-0.05, 0) is 25.2 Å². The standard InChI is InChI=1S/C13H25NO3S/c1-2-11-5-3-4-6-13(11,15)12(9-14)7-8-18(16,17)10-12/h11,15H,2-10,14H2,1H3. The third-order valence-electron chi connectivity index (χ3n) is 5.23. The predicted octanol–water partition coefficient (Wildman–Crippen LogP) is 1.08. The third-order valence-corrected chi connectivity index (χ3v) is 7.04. The quantitative estimate of drug-likeness (QED) is 0.807. The van der Waals surface area contributed by atoms with E-state index in [1.54, 1.807) is 0 Å². The van der Waals surface area contributed by atoms with Gasteiger partial charge >= 0.3 is 0 Å². The molecule has 0 aromatic heterocycles. The van der Waals surface area contributed by atoms with Crippen molar-refractivity contribution in [3.63, 3.8) is 0 Å². The minimum atomic E-state index is -3.03. The Labute approximate surface area is 110 Å². The SMILES string of the molecule is CCC1CCCCC1(O)C1(CN)CCS(=O)(=O)C1. The summed E-state index contributed by atoms with van der Waals surface area (Å²) in [5.41, 5.74) is 4.42. The number of nitrogens with two attached hydrogens (primary N) is 1. The number of aliphatic hydroxyl groups is 1. The Kier molecular flexibility index (Phi) is 3.78. The van der Waals surface area contributed by atoms with Gasteiger partial charge in [0.1, 0.15) is 0 Å². The van der Waals surface area contributed by atoms with Crippen molar-refractivity contribution in [2.45, 2.75) is 51.0 Å². The smallest absolute Gasteiger partial charge is 0.151 e. The van der Waals surface area contributed by atoms with Crippen LogP contribution in [0, 0.1) is 11.3 Å². The fourth-order valence-electron chi connectivity index (χ4n) is 4.06. The van der Waals surface area contributed by atoms with Crippen molar-refractivity contribution in [2.75, 3.05) is 18.1 Å². The Bertz CT molecular complexity index is 408. The normalized spacial score (nSPS) is 44.1. The lowest BCUT2D eigenvalue weighted by molar-refractivity contribution is -0.135. The zero-order valence-corrected chi connectivity index (χ0v) is 12.0. The molecule has 0 aromatic rings. The molecule has 3 atom stereocenters. The van der Waals surface area contributed by atoms with Gasteiger partial charge in [-0.2, -0.15) is 0 Å². The van der Waals surface area contributed by atoms with Crippen LogP contribution in [0.5, 0.6) is 0 Å². The second-order valence-electron chi connectivity index (χ2n) is 6.10. The number of hydrogen-bond acceptors (Lipinski definition) is 4. The minimum absolute atomic E-state index is 0.0729. The van der Waals surface area contributed by atoms with Gasteiger partial charge in [-0.15, -0.1) is 0 Å². The van der Waals surface area contributed by atoms with Crippen molar-refractivity contribution in [3.8, 4) is 0 Å². The fourth-order valence-corrected chi connectivity index (χ4v) is 6.26. The highest BCUT2D eigenvalue weighted by molar-refractivity contribution is 7.91. The van der Waals surface area contributed by atoms with Crippen LogP contribution in [0.4, 0.5) is 0 Å². The van der Waals surface area contributed by atoms with Crippen LogP contribution in [0.25, 0.3) is 0 Å². The molecule has 1 aliphatic heterocycles. The molecule has 2 fully saturated rings. The van der Waals surface area contributed by atoms with Crippen LogP contribution in [0.3, 0.4) is 0 Å². The molecule has 0 spiro atoms. The highest BCUT2D eigenvalue weighted by atomic mass is 32.2. The molecule has 0 amide bonds. The van der Waals surface area contributed by atoms with Crippen molar-refractivity contribution in [3.05, 3.63) is 0 Å². The summed E-state index contributed by atoms with van der Waals surface area (Å²) in [7, 11) is -3.03. The zero-order valence-electron chi connectivity index (χ0n) is 11.2. The van der Waals surface area contributed by atoms with E-state index in [1.807, 2.05) is 0 Å². The summed E-state index contributed by atoms with van der Waals surface area (Å²) in [5, 5.41) is 11.2. The molecule has 0 bridgehead atoms. The molecular formula is C13H25NO3S. The molecule has 2 rings (SSSR count). The molecule has 4 nitrogen and oxygen atoms in total. The fraction of sp³-hybridized carbons (Fsp3) is 1.00. The van der Waals surface area contributed by atoms with Crippen LogP contribution < -0.4 is 5.73 Å². The van der Waals surface area contributed by atoms with E-state index < -0.39 is 20.9 Å². The van der Waals surface area contributed by atoms with E-state index in [0.29, 0.717) is 12.8 Å². The number of hydrogen-bond donors (Lipinski definition) is 2. The number of sulfone groups is 1. The summed E-state index contributed by atoms with van der Waals surface area (Å²) in [6.45, 7) is 2.36. The molecule has 1 aliphatic carbocycles. The molecule has 2 aliphatic rings. The molecule has 106 valence electrons. The molecular weight excluding hydrogens is 250 g/mol. The first-order valence-corrected chi connectivity index (χ1v) is 8.84.